The molecule has 1 saturated heterocycles. The van der Waals surface area contributed by atoms with Gasteiger partial charge in [0, 0.05) is 27.5 Å². The van der Waals surface area contributed by atoms with Crippen molar-refractivity contribution in [1.29, 1.82) is 5.26 Å². The van der Waals surface area contributed by atoms with Gasteiger partial charge in [-0.1, -0.05) is 57.5 Å². The summed E-state index contributed by atoms with van der Waals surface area (Å²) in [6, 6.07) is 16.1. The lowest BCUT2D eigenvalue weighted by Crippen LogP contribution is -2.47. The van der Waals surface area contributed by atoms with E-state index in [1.165, 1.54) is 11.8 Å². The summed E-state index contributed by atoms with van der Waals surface area (Å²) in [5.41, 5.74) is 3.67. The van der Waals surface area contributed by atoms with Crippen LogP contribution in [0.4, 0.5) is 5.69 Å². The predicted octanol–water partition coefficient (Wildman–Crippen LogP) is 5.63. The summed E-state index contributed by atoms with van der Waals surface area (Å²) in [6.45, 7) is 2.40. The first-order valence-corrected chi connectivity index (χ1v) is 11.0. The first-order chi connectivity index (χ1) is 13.5. The molecule has 0 radical (unpaired) electrons. The number of rotatable bonds is 2. The summed E-state index contributed by atoms with van der Waals surface area (Å²) in [7, 11) is 0. The summed E-state index contributed by atoms with van der Waals surface area (Å²) >= 11 is 11.2. The van der Waals surface area contributed by atoms with E-state index in [4.69, 9.17) is 11.6 Å². The molecular formula is C21H17BrClN3OS. The molecule has 0 spiro atoms. The lowest BCUT2D eigenvalue weighted by Gasteiger charge is -2.42. The smallest absolute Gasteiger partial charge is 0.229 e. The van der Waals surface area contributed by atoms with E-state index in [0.717, 1.165) is 26.3 Å². The van der Waals surface area contributed by atoms with Crippen LogP contribution in [-0.2, 0) is 4.79 Å². The average molecular weight is 475 g/mol. The van der Waals surface area contributed by atoms with Gasteiger partial charge in [-0.2, -0.15) is 5.26 Å². The number of hydrogen-bond donors (Lipinski definition) is 0. The van der Waals surface area contributed by atoms with E-state index in [1.54, 1.807) is 4.90 Å². The Balaban J connectivity index is 1.65. The zero-order valence-corrected chi connectivity index (χ0v) is 18.3. The second-order valence-corrected chi connectivity index (χ2v) is 9.11. The summed E-state index contributed by atoms with van der Waals surface area (Å²) < 4.78 is 0.977. The molecule has 28 heavy (non-hydrogen) atoms. The van der Waals surface area contributed by atoms with Gasteiger partial charge in [-0.05, 0) is 42.3 Å². The molecule has 0 aromatic heterocycles. The Morgan fingerprint density at radius 3 is 2.68 bits per heavy atom. The Morgan fingerprint density at radius 1 is 1.25 bits per heavy atom. The molecule has 1 fully saturated rings. The number of aryl methyl sites for hydroxylation is 1. The molecule has 1 amide bonds. The van der Waals surface area contributed by atoms with Crippen molar-refractivity contribution in [3.05, 3.63) is 73.7 Å². The van der Waals surface area contributed by atoms with Gasteiger partial charge in [-0.15, -0.1) is 0 Å². The standard InChI is InChI=1S/C21H17BrClN3OS/c1-13-2-7-16(8-19(13)23)25-11-26-20(27)9-17(14-3-5-15(22)6-4-14)18(10-24)21(26)28-12-25/h2-8,17H,9,11-12H2,1H3. The highest BCUT2D eigenvalue weighted by molar-refractivity contribution is 9.10. The lowest BCUT2D eigenvalue weighted by atomic mass is 9.86. The molecule has 2 aliphatic heterocycles. The largest absolute Gasteiger partial charge is 0.344 e. The van der Waals surface area contributed by atoms with Gasteiger partial charge < -0.3 is 4.90 Å². The van der Waals surface area contributed by atoms with E-state index in [2.05, 4.69) is 26.9 Å². The second-order valence-electron chi connectivity index (χ2n) is 6.85. The summed E-state index contributed by atoms with van der Waals surface area (Å²) in [5.74, 6) is 0.513. The summed E-state index contributed by atoms with van der Waals surface area (Å²) in [5, 5.41) is 11.3. The number of carbonyl (C=O) groups is 1. The fourth-order valence-electron chi connectivity index (χ4n) is 3.48. The van der Waals surface area contributed by atoms with Gasteiger partial charge in [0.25, 0.3) is 0 Å². The second kappa shape index (κ2) is 7.82. The van der Waals surface area contributed by atoms with Crippen LogP contribution in [0.3, 0.4) is 0 Å². The van der Waals surface area contributed by atoms with Crippen LogP contribution in [0, 0.1) is 18.3 Å². The van der Waals surface area contributed by atoms with E-state index in [0.29, 0.717) is 29.6 Å². The van der Waals surface area contributed by atoms with Gasteiger partial charge in [0.2, 0.25) is 5.91 Å². The molecule has 4 nitrogen and oxygen atoms in total. The van der Waals surface area contributed by atoms with Gasteiger partial charge >= 0.3 is 0 Å². The van der Waals surface area contributed by atoms with Crippen molar-refractivity contribution in [3.63, 3.8) is 0 Å². The molecule has 0 N–H and O–H groups in total. The van der Waals surface area contributed by atoms with Crippen LogP contribution in [-0.4, -0.2) is 23.4 Å². The van der Waals surface area contributed by atoms with Gasteiger partial charge in [0.1, 0.15) is 0 Å². The number of halogens is 2. The fraction of sp³-hybridized carbons (Fsp3) is 0.238. The highest BCUT2D eigenvalue weighted by Crippen LogP contribution is 2.43. The first-order valence-electron chi connectivity index (χ1n) is 8.82. The van der Waals surface area contributed by atoms with Gasteiger partial charge in [0.15, 0.2) is 0 Å². The molecule has 7 heteroatoms. The van der Waals surface area contributed by atoms with Crippen LogP contribution in [0.25, 0.3) is 0 Å². The highest BCUT2D eigenvalue weighted by atomic mass is 79.9. The Bertz CT molecular complexity index is 1020. The van der Waals surface area contributed by atoms with Crippen LogP contribution in [0.1, 0.15) is 23.5 Å². The fourth-order valence-corrected chi connectivity index (χ4v) is 5.09. The number of nitriles is 1. The Morgan fingerprint density at radius 2 is 2.00 bits per heavy atom. The number of hydrogen-bond acceptors (Lipinski definition) is 4. The van der Waals surface area contributed by atoms with E-state index < -0.39 is 0 Å². The number of nitrogens with zero attached hydrogens (tertiary/aromatic N) is 3. The minimum Gasteiger partial charge on any atom is -0.344 e. The third-order valence-corrected chi connectivity index (χ3v) is 7.18. The number of anilines is 1. The van der Waals surface area contributed by atoms with E-state index in [-0.39, 0.29) is 11.8 Å². The molecule has 4 rings (SSSR count). The van der Waals surface area contributed by atoms with Gasteiger partial charge in [-0.25, -0.2) is 0 Å². The SMILES string of the molecule is Cc1ccc(N2CSC3=C(C#N)C(c4ccc(Br)cc4)CC(=O)N3C2)cc1Cl. The monoisotopic (exact) mass is 473 g/mol. The summed E-state index contributed by atoms with van der Waals surface area (Å²) in [6.07, 6.45) is 0.303. The van der Waals surface area contributed by atoms with E-state index in [9.17, 15) is 10.1 Å². The van der Waals surface area contributed by atoms with Crippen molar-refractivity contribution in [1.82, 2.24) is 4.90 Å². The maximum atomic E-state index is 12.9. The van der Waals surface area contributed by atoms with Crippen LogP contribution in [0.5, 0.6) is 0 Å². The molecule has 2 heterocycles. The normalized spacial score (nSPS) is 19.5. The van der Waals surface area contributed by atoms with Crippen molar-refractivity contribution in [2.75, 3.05) is 17.4 Å². The third kappa shape index (κ3) is 3.55. The van der Waals surface area contributed by atoms with Crippen molar-refractivity contribution >= 4 is 50.9 Å². The lowest BCUT2D eigenvalue weighted by molar-refractivity contribution is -0.129. The van der Waals surface area contributed by atoms with Crippen molar-refractivity contribution in [3.8, 4) is 6.07 Å². The molecule has 142 valence electrons. The van der Waals surface area contributed by atoms with Crippen LogP contribution < -0.4 is 4.90 Å². The van der Waals surface area contributed by atoms with Gasteiger partial charge in [-0.3, -0.25) is 9.69 Å². The number of thioether (sulfide) groups is 1. The molecule has 0 saturated carbocycles. The van der Waals surface area contributed by atoms with E-state index in [1.807, 2.05) is 49.4 Å². The molecule has 2 aromatic carbocycles. The number of benzene rings is 2. The van der Waals surface area contributed by atoms with Crippen molar-refractivity contribution < 1.29 is 4.79 Å². The number of allylic oxidation sites excluding steroid dienone is 1. The minimum absolute atomic E-state index is 0.0392. The average Bonchev–Trinajstić information content (AvgIpc) is 2.70. The van der Waals surface area contributed by atoms with Crippen LogP contribution in [0.15, 0.2) is 57.5 Å². The number of fused-ring (bicyclic) bond motifs is 1. The molecule has 1 atom stereocenters. The molecule has 2 aliphatic rings. The maximum Gasteiger partial charge on any atom is 0.229 e. The molecule has 0 bridgehead atoms. The summed E-state index contributed by atoms with van der Waals surface area (Å²) in [4.78, 5) is 16.8. The Hall–Kier alpha value is -1.94. The Kier molecular flexibility index (Phi) is 5.42. The molecule has 2 aromatic rings. The van der Waals surface area contributed by atoms with Crippen molar-refractivity contribution in [2.24, 2.45) is 0 Å². The van der Waals surface area contributed by atoms with Crippen molar-refractivity contribution in [2.45, 2.75) is 19.3 Å². The third-order valence-electron chi connectivity index (χ3n) is 5.09. The zero-order valence-electron chi connectivity index (χ0n) is 15.2. The number of carbonyl (C=O) groups excluding carboxylic acids is 1. The quantitative estimate of drug-likeness (QED) is 0.566. The number of amides is 1. The Labute approximate surface area is 181 Å². The van der Waals surface area contributed by atoms with E-state index >= 15 is 0 Å². The topological polar surface area (TPSA) is 47.3 Å². The van der Waals surface area contributed by atoms with Crippen LogP contribution >= 0.6 is 39.3 Å². The molecular weight excluding hydrogens is 458 g/mol. The first kappa shape index (κ1) is 19.4. The molecule has 1 unspecified atom stereocenters. The minimum atomic E-state index is -0.190. The highest BCUT2D eigenvalue weighted by Gasteiger charge is 2.38. The molecule has 0 aliphatic carbocycles. The zero-order chi connectivity index (χ0) is 19.8. The maximum absolute atomic E-state index is 12.9. The predicted molar refractivity (Wildman–Crippen MR) is 117 cm³/mol. The van der Waals surface area contributed by atoms with Gasteiger partial charge in [0.05, 0.1) is 29.2 Å². The van der Waals surface area contributed by atoms with Crippen LogP contribution in [0.2, 0.25) is 5.02 Å².